The molecule has 0 unspecified atom stereocenters. The van der Waals surface area contributed by atoms with E-state index in [4.69, 9.17) is 11.0 Å². The van der Waals surface area contributed by atoms with Gasteiger partial charge >= 0.3 is 0 Å². The number of hydrogen-bond donors (Lipinski definition) is 1. The van der Waals surface area contributed by atoms with Gasteiger partial charge in [0.15, 0.2) is 9.84 Å². The van der Waals surface area contributed by atoms with Crippen molar-refractivity contribution in [1.82, 2.24) is 0 Å². The van der Waals surface area contributed by atoms with E-state index >= 15 is 0 Å². The molecule has 0 aliphatic heterocycles. The van der Waals surface area contributed by atoms with Crippen LogP contribution in [-0.4, -0.2) is 8.42 Å². The summed E-state index contributed by atoms with van der Waals surface area (Å²) in [6.07, 6.45) is 0. The van der Waals surface area contributed by atoms with Crippen molar-refractivity contribution in [2.45, 2.75) is 11.5 Å². The van der Waals surface area contributed by atoms with Crippen LogP contribution in [0.2, 0.25) is 0 Å². The van der Waals surface area contributed by atoms with Crippen LogP contribution in [0.15, 0.2) is 48.5 Å². The molecule has 0 bridgehead atoms. The van der Waals surface area contributed by atoms with Crippen LogP contribution in [0.4, 0.5) is 5.69 Å². The fraction of sp³-hybridized carbons (Fsp3) is 0.133. The second-order valence-electron chi connectivity index (χ2n) is 4.59. The van der Waals surface area contributed by atoms with E-state index in [1.54, 1.807) is 48.5 Å². The molecule has 2 N–H and O–H groups in total. The van der Waals surface area contributed by atoms with Crippen LogP contribution in [0.3, 0.4) is 0 Å². The lowest BCUT2D eigenvalue weighted by molar-refractivity contribution is 0.594. The minimum Gasteiger partial charge on any atom is -0.399 e. The molecule has 0 aliphatic carbocycles. The first-order valence-corrected chi connectivity index (χ1v) is 7.84. The summed E-state index contributed by atoms with van der Waals surface area (Å²) >= 11 is 0. The number of nitrogens with zero attached hydrogens (tertiary/aromatic N) is 1. The van der Waals surface area contributed by atoms with Gasteiger partial charge in [0, 0.05) is 5.69 Å². The topological polar surface area (TPSA) is 84.0 Å². The molecular weight excluding hydrogens is 272 g/mol. The van der Waals surface area contributed by atoms with Crippen LogP contribution < -0.4 is 5.73 Å². The molecule has 0 spiro atoms. The highest BCUT2D eigenvalue weighted by atomic mass is 32.2. The Morgan fingerprint density at radius 2 is 1.65 bits per heavy atom. The highest BCUT2D eigenvalue weighted by Crippen LogP contribution is 2.14. The summed E-state index contributed by atoms with van der Waals surface area (Å²) in [5.41, 5.74) is 7.96. The lowest BCUT2D eigenvalue weighted by atomic mass is 10.2. The van der Waals surface area contributed by atoms with Crippen molar-refractivity contribution in [3.63, 3.8) is 0 Å². The zero-order chi connectivity index (χ0) is 14.6. The number of rotatable bonds is 4. The van der Waals surface area contributed by atoms with Gasteiger partial charge in [-0.3, -0.25) is 0 Å². The average molecular weight is 286 g/mol. The minimum atomic E-state index is -3.28. The zero-order valence-electron chi connectivity index (χ0n) is 10.8. The van der Waals surface area contributed by atoms with Crippen molar-refractivity contribution in [2.75, 3.05) is 5.73 Å². The third-order valence-electron chi connectivity index (χ3n) is 2.81. The molecule has 0 saturated heterocycles. The number of nitrogens with two attached hydrogens (primary N) is 1. The van der Waals surface area contributed by atoms with Gasteiger partial charge in [-0.2, -0.15) is 5.26 Å². The Bertz CT molecular complexity index is 744. The Balaban J connectivity index is 2.15. The monoisotopic (exact) mass is 286 g/mol. The van der Waals surface area contributed by atoms with Crippen molar-refractivity contribution >= 4 is 15.5 Å². The van der Waals surface area contributed by atoms with Crippen molar-refractivity contribution in [3.8, 4) is 6.07 Å². The molecule has 0 aromatic heterocycles. The van der Waals surface area contributed by atoms with Crippen LogP contribution in [-0.2, 0) is 21.3 Å². The average Bonchev–Trinajstić information content (AvgIpc) is 2.41. The predicted octanol–water partition coefficient (Wildman–Crippen LogP) is 2.26. The summed E-state index contributed by atoms with van der Waals surface area (Å²) < 4.78 is 24.3. The van der Waals surface area contributed by atoms with Crippen LogP contribution in [0.25, 0.3) is 0 Å². The standard InChI is InChI=1S/C15H14N2O2S/c16-9-13-2-1-3-14(8-13)11-20(18,19)10-12-4-6-15(17)7-5-12/h1-8H,10-11,17H2. The molecular formula is C15H14N2O2S. The van der Waals surface area contributed by atoms with Gasteiger partial charge in [0.2, 0.25) is 0 Å². The summed E-state index contributed by atoms with van der Waals surface area (Å²) in [4.78, 5) is 0. The van der Waals surface area contributed by atoms with Crippen LogP contribution >= 0.6 is 0 Å². The SMILES string of the molecule is N#Cc1cccc(CS(=O)(=O)Cc2ccc(N)cc2)c1. The first-order chi connectivity index (χ1) is 9.48. The van der Waals surface area contributed by atoms with Gasteiger partial charge in [0.05, 0.1) is 23.1 Å². The molecule has 0 atom stereocenters. The Morgan fingerprint density at radius 3 is 2.30 bits per heavy atom. The molecule has 0 saturated carbocycles. The Labute approximate surface area is 118 Å². The van der Waals surface area contributed by atoms with Gasteiger partial charge < -0.3 is 5.73 Å². The molecule has 5 heteroatoms. The fourth-order valence-corrected chi connectivity index (χ4v) is 3.39. The minimum absolute atomic E-state index is 0.0376. The fourth-order valence-electron chi connectivity index (χ4n) is 1.90. The van der Waals surface area contributed by atoms with Crippen molar-refractivity contribution in [3.05, 3.63) is 65.2 Å². The largest absolute Gasteiger partial charge is 0.399 e. The third-order valence-corrected chi connectivity index (χ3v) is 4.36. The molecule has 0 radical (unpaired) electrons. The zero-order valence-corrected chi connectivity index (χ0v) is 11.6. The molecule has 0 aliphatic rings. The van der Waals surface area contributed by atoms with E-state index in [0.717, 1.165) is 0 Å². The van der Waals surface area contributed by atoms with Gasteiger partial charge in [-0.15, -0.1) is 0 Å². The summed E-state index contributed by atoms with van der Waals surface area (Å²) in [5.74, 6) is -0.114. The van der Waals surface area contributed by atoms with E-state index < -0.39 is 9.84 Å². The normalized spacial score (nSPS) is 10.9. The van der Waals surface area contributed by atoms with Crippen molar-refractivity contribution in [2.24, 2.45) is 0 Å². The molecule has 4 nitrogen and oxygen atoms in total. The smallest absolute Gasteiger partial charge is 0.158 e. The van der Waals surface area contributed by atoms with E-state index in [1.165, 1.54) is 0 Å². The summed E-state index contributed by atoms with van der Waals surface area (Å²) in [5, 5.41) is 8.81. The van der Waals surface area contributed by atoms with Crippen molar-refractivity contribution in [1.29, 1.82) is 5.26 Å². The summed E-state index contributed by atoms with van der Waals surface area (Å²) in [7, 11) is -3.28. The van der Waals surface area contributed by atoms with E-state index in [0.29, 0.717) is 22.4 Å². The maximum Gasteiger partial charge on any atom is 0.158 e. The molecule has 20 heavy (non-hydrogen) atoms. The number of nitriles is 1. The van der Waals surface area contributed by atoms with Crippen LogP contribution in [0.5, 0.6) is 0 Å². The molecule has 0 heterocycles. The lowest BCUT2D eigenvalue weighted by Crippen LogP contribution is -2.07. The maximum atomic E-state index is 12.1. The quantitative estimate of drug-likeness (QED) is 0.874. The highest BCUT2D eigenvalue weighted by Gasteiger charge is 2.13. The number of benzene rings is 2. The van der Waals surface area contributed by atoms with E-state index in [1.807, 2.05) is 6.07 Å². The number of hydrogen-bond acceptors (Lipinski definition) is 4. The highest BCUT2D eigenvalue weighted by molar-refractivity contribution is 7.89. The number of anilines is 1. The van der Waals surface area contributed by atoms with E-state index in [2.05, 4.69) is 0 Å². The first-order valence-electron chi connectivity index (χ1n) is 6.02. The van der Waals surface area contributed by atoms with Gasteiger partial charge in [-0.25, -0.2) is 8.42 Å². The summed E-state index contributed by atoms with van der Waals surface area (Å²) in [6, 6.07) is 15.4. The molecule has 102 valence electrons. The molecule has 2 aromatic carbocycles. The Kier molecular flexibility index (Phi) is 4.06. The Morgan fingerprint density at radius 1 is 1.00 bits per heavy atom. The molecule has 2 rings (SSSR count). The maximum absolute atomic E-state index is 12.1. The van der Waals surface area contributed by atoms with Gasteiger partial charge in [-0.05, 0) is 35.4 Å². The second-order valence-corrected chi connectivity index (χ2v) is 6.65. The molecule has 0 fully saturated rings. The summed E-state index contributed by atoms with van der Waals surface area (Å²) in [6.45, 7) is 0. The molecule has 2 aromatic rings. The number of sulfone groups is 1. The third kappa shape index (κ3) is 3.84. The van der Waals surface area contributed by atoms with Gasteiger partial charge in [0.1, 0.15) is 0 Å². The molecule has 0 amide bonds. The lowest BCUT2D eigenvalue weighted by Gasteiger charge is -2.05. The van der Waals surface area contributed by atoms with Gasteiger partial charge in [-0.1, -0.05) is 24.3 Å². The second kappa shape index (κ2) is 5.76. The first kappa shape index (κ1) is 14.1. The van der Waals surface area contributed by atoms with Gasteiger partial charge in [0.25, 0.3) is 0 Å². The van der Waals surface area contributed by atoms with Crippen LogP contribution in [0.1, 0.15) is 16.7 Å². The number of nitrogen functional groups attached to an aromatic ring is 1. The van der Waals surface area contributed by atoms with Crippen molar-refractivity contribution < 1.29 is 8.42 Å². The van der Waals surface area contributed by atoms with E-state index in [9.17, 15) is 8.42 Å². The van der Waals surface area contributed by atoms with E-state index in [-0.39, 0.29) is 11.5 Å². The Hall–Kier alpha value is -2.32. The van der Waals surface area contributed by atoms with Crippen LogP contribution in [0, 0.1) is 11.3 Å². The predicted molar refractivity (Wildman–Crippen MR) is 78.3 cm³/mol.